The predicted molar refractivity (Wildman–Crippen MR) is 229 cm³/mol. The lowest BCUT2D eigenvalue weighted by Crippen LogP contribution is -2.37. The van der Waals surface area contributed by atoms with E-state index in [1.54, 1.807) is 0 Å². The van der Waals surface area contributed by atoms with E-state index in [0.29, 0.717) is 0 Å². The van der Waals surface area contributed by atoms with Gasteiger partial charge in [-0.2, -0.15) is 0 Å². The lowest BCUT2D eigenvalue weighted by atomic mass is 9.59. The second-order valence-corrected chi connectivity index (χ2v) is 14.7. The molecule has 0 spiro atoms. The molecule has 0 fully saturated rings. The molecule has 5 heteroatoms. The number of thiophene rings is 1. The van der Waals surface area contributed by atoms with Gasteiger partial charge in [-0.1, -0.05) is 115 Å². The highest BCUT2D eigenvalue weighted by Crippen LogP contribution is 2.48. The maximum atomic E-state index is 3.87. The van der Waals surface area contributed by atoms with Crippen molar-refractivity contribution in [2.24, 2.45) is 0 Å². The van der Waals surface area contributed by atoms with Crippen molar-refractivity contribution in [3.63, 3.8) is 0 Å². The van der Waals surface area contributed by atoms with Crippen molar-refractivity contribution < 1.29 is 0 Å². The van der Waals surface area contributed by atoms with Gasteiger partial charge in [-0.3, -0.25) is 0 Å². The van der Waals surface area contributed by atoms with Crippen LogP contribution in [0.4, 0.5) is 28.4 Å². The maximum absolute atomic E-state index is 3.87. The van der Waals surface area contributed by atoms with Crippen LogP contribution in [-0.4, -0.2) is 11.8 Å². The number of hydrogen-bond donors (Lipinski definition) is 1. The van der Waals surface area contributed by atoms with Crippen molar-refractivity contribution >= 4 is 100.0 Å². The molecule has 3 heterocycles. The molecule has 11 rings (SSSR count). The minimum Gasteiger partial charge on any atom is -0.355 e. The summed E-state index contributed by atoms with van der Waals surface area (Å²) in [7, 11) is 2.41. The molecule has 0 saturated heterocycles. The Labute approximate surface area is 312 Å². The van der Waals surface area contributed by atoms with Gasteiger partial charge in [0.15, 0.2) is 7.28 Å². The quantitative estimate of drug-likeness (QED) is 0.175. The Morgan fingerprint density at radius 2 is 1.17 bits per heavy atom. The van der Waals surface area contributed by atoms with Crippen molar-refractivity contribution in [1.29, 1.82) is 0 Å². The number of rotatable bonds is 6. The van der Waals surface area contributed by atoms with Gasteiger partial charge in [0.2, 0.25) is 0 Å². The second kappa shape index (κ2) is 12.0. The predicted octanol–water partition coefficient (Wildman–Crippen LogP) is 12.0. The zero-order valence-electron chi connectivity index (χ0n) is 28.7. The molecule has 0 saturated carbocycles. The first-order valence-electron chi connectivity index (χ1n) is 18.0. The van der Waals surface area contributed by atoms with Crippen LogP contribution in [0.15, 0.2) is 182 Å². The van der Waals surface area contributed by atoms with Gasteiger partial charge in [0, 0.05) is 64.9 Å². The first kappa shape index (κ1) is 30.1. The van der Waals surface area contributed by atoms with E-state index in [4.69, 9.17) is 0 Å². The van der Waals surface area contributed by atoms with Crippen molar-refractivity contribution in [2.75, 3.05) is 10.2 Å². The number of hydrogen-bond acceptors (Lipinski definition) is 3. The van der Waals surface area contributed by atoms with E-state index < -0.39 is 0 Å². The van der Waals surface area contributed by atoms with Gasteiger partial charge in [-0.15, -0.1) is 11.3 Å². The molecular weight excluding hydrogens is 661 g/mol. The van der Waals surface area contributed by atoms with Gasteiger partial charge in [-0.25, -0.2) is 0 Å². The molecule has 0 bridgehead atoms. The Hall–Kier alpha value is -6.56. The highest BCUT2D eigenvalue weighted by Gasteiger charge is 2.30. The third-order valence-corrected chi connectivity index (χ3v) is 11.7. The van der Waals surface area contributed by atoms with Crippen LogP contribution in [0.1, 0.15) is 0 Å². The number of nitrogens with zero attached hydrogens (tertiary/aromatic N) is 2. The number of aromatic nitrogens is 1. The van der Waals surface area contributed by atoms with Crippen LogP contribution >= 0.6 is 11.3 Å². The fraction of sp³-hybridized carbons (Fsp3) is 0. The minimum absolute atomic E-state index is 1.06. The number of para-hydroxylation sites is 5. The normalized spacial score (nSPS) is 11.9. The van der Waals surface area contributed by atoms with E-state index in [-0.39, 0.29) is 0 Å². The van der Waals surface area contributed by atoms with Crippen molar-refractivity contribution in [1.82, 2.24) is 4.57 Å². The Morgan fingerprint density at radius 3 is 1.94 bits per heavy atom. The lowest BCUT2D eigenvalue weighted by Gasteiger charge is -2.30. The summed E-state index contributed by atoms with van der Waals surface area (Å²) in [6.07, 6.45) is 0. The monoisotopic (exact) mass is 692 g/mol. The van der Waals surface area contributed by atoms with E-state index >= 15 is 0 Å². The maximum Gasteiger partial charge on any atom is 0.197 e. The summed E-state index contributed by atoms with van der Waals surface area (Å²) in [5, 5.41) is 8.89. The standard InChI is InChI=1S/C48H31BN3S/c1-4-16-31(17-5-1)50-40-30-45-37(34-22-11-15-27-44(34)53-45)28-36(40)38-29-43(51(32-18-6-2-7-19-32)33-20-8-3-9-21-33)46-35-23-10-13-25-41(35)52-42-26-14-12-24-39(42)49-47(38)48(46)52/h1-30,50H. The van der Waals surface area contributed by atoms with Gasteiger partial charge in [0.1, 0.15) is 0 Å². The molecule has 1 radical (unpaired) electrons. The fourth-order valence-corrected chi connectivity index (χ4v) is 9.42. The molecule has 8 aromatic carbocycles. The largest absolute Gasteiger partial charge is 0.355 e. The van der Waals surface area contributed by atoms with Crippen LogP contribution in [0.2, 0.25) is 0 Å². The van der Waals surface area contributed by atoms with Gasteiger partial charge in [0.25, 0.3) is 0 Å². The summed E-state index contributed by atoms with van der Waals surface area (Å²) in [6, 6.07) is 65.8. The van der Waals surface area contributed by atoms with E-state index in [1.807, 2.05) is 11.3 Å². The van der Waals surface area contributed by atoms with Crippen LogP contribution in [-0.2, 0) is 0 Å². The second-order valence-electron chi connectivity index (χ2n) is 13.6. The van der Waals surface area contributed by atoms with Crippen molar-refractivity contribution in [2.45, 2.75) is 0 Å². The molecule has 0 unspecified atom stereocenters. The highest BCUT2D eigenvalue weighted by atomic mass is 32.1. The number of anilines is 5. The zero-order chi connectivity index (χ0) is 34.9. The number of benzene rings is 8. The fourth-order valence-electron chi connectivity index (χ4n) is 8.29. The Morgan fingerprint density at radius 1 is 0.528 bits per heavy atom. The van der Waals surface area contributed by atoms with Crippen LogP contribution in [0.3, 0.4) is 0 Å². The zero-order valence-corrected chi connectivity index (χ0v) is 29.5. The van der Waals surface area contributed by atoms with Gasteiger partial charge < -0.3 is 14.8 Å². The molecule has 2 aromatic heterocycles. The topological polar surface area (TPSA) is 20.2 Å². The van der Waals surface area contributed by atoms with Crippen molar-refractivity contribution in [3.8, 4) is 16.8 Å². The summed E-state index contributed by atoms with van der Waals surface area (Å²) in [6.45, 7) is 0. The first-order valence-corrected chi connectivity index (χ1v) is 18.8. The molecule has 3 nitrogen and oxygen atoms in total. The SMILES string of the molecule is [B]1c2ccccc2-n2c3ccccc3c3c(N(c4ccccc4)c4ccccc4)cc(-c4cc5c(cc4Nc4ccccc4)sc4ccccc45)c1c32. The van der Waals surface area contributed by atoms with E-state index in [1.165, 1.54) is 64.2 Å². The average molecular weight is 693 g/mol. The Kier molecular flexibility index (Phi) is 6.82. The minimum atomic E-state index is 1.06. The molecule has 1 aliphatic heterocycles. The number of fused-ring (bicyclic) bond motifs is 8. The average Bonchev–Trinajstić information content (AvgIpc) is 3.76. The lowest BCUT2D eigenvalue weighted by molar-refractivity contribution is 1.19. The summed E-state index contributed by atoms with van der Waals surface area (Å²) >= 11 is 1.85. The number of nitrogens with one attached hydrogen (secondary N) is 1. The molecular formula is C48H31BN3S. The Bertz CT molecular complexity index is 2960. The van der Waals surface area contributed by atoms with Crippen LogP contribution in [0, 0.1) is 0 Å². The van der Waals surface area contributed by atoms with Crippen LogP contribution in [0.25, 0.3) is 58.8 Å². The summed E-state index contributed by atoms with van der Waals surface area (Å²) < 4.78 is 5.06. The first-order chi connectivity index (χ1) is 26.3. The third-order valence-electron chi connectivity index (χ3n) is 10.6. The summed E-state index contributed by atoms with van der Waals surface area (Å²) in [5.74, 6) is 0. The highest BCUT2D eigenvalue weighted by molar-refractivity contribution is 7.25. The summed E-state index contributed by atoms with van der Waals surface area (Å²) in [4.78, 5) is 2.43. The molecule has 247 valence electrons. The molecule has 0 amide bonds. The van der Waals surface area contributed by atoms with E-state index in [2.05, 4.69) is 204 Å². The molecule has 53 heavy (non-hydrogen) atoms. The molecule has 10 aromatic rings. The van der Waals surface area contributed by atoms with Gasteiger partial charge in [0.05, 0.1) is 16.7 Å². The molecule has 1 aliphatic rings. The van der Waals surface area contributed by atoms with Gasteiger partial charge in [-0.05, 0) is 83.8 Å². The smallest absolute Gasteiger partial charge is 0.197 e. The Balaban J connectivity index is 1.32. The molecule has 0 atom stereocenters. The van der Waals surface area contributed by atoms with Crippen LogP contribution in [0.5, 0.6) is 0 Å². The molecule has 1 N–H and O–H groups in total. The van der Waals surface area contributed by atoms with Crippen molar-refractivity contribution in [3.05, 3.63) is 182 Å². The van der Waals surface area contributed by atoms with Crippen LogP contribution < -0.4 is 21.1 Å². The third kappa shape index (κ3) is 4.75. The van der Waals surface area contributed by atoms with E-state index in [9.17, 15) is 0 Å². The van der Waals surface area contributed by atoms with Gasteiger partial charge >= 0.3 is 0 Å². The summed E-state index contributed by atoms with van der Waals surface area (Å²) in [5.41, 5.74) is 13.9. The van der Waals surface area contributed by atoms with E-state index in [0.717, 1.165) is 34.0 Å². The molecule has 0 aliphatic carbocycles.